The molecule has 2 rings (SSSR count). The van der Waals surface area contributed by atoms with Gasteiger partial charge in [0, 0.05) is 0 Å². The Morgan fingerprint density at radius 3 is 0.840 bits per heavy atom. The summed E-state index contributed by atoms with van der Waals surface area (Å²) in [5.74, 6) is 2.81. The molecule has 0 saturated heterocycles. The molecule has 0 fully saturated rings. The number of benzene rings is 2. The highest BCUT2D eigenvalue weighted by Gasteiger charge is 2.22. The fourth-order valence-electron chi connectivity index (χ4n) is 4.00. The zero-order valence-electron chi connectivity index (χ0n) is 17.5. The second-order valence-electron chi connectivity index (χ2n) is 7.50. The predicted octanol–water partition coefficient (Wildman–Crippen LogP) is 6.45. The third-order valence-corrected chi connectivity index (χ3v) is 6.62. The monoisotopic (exact) mass is 333 g/mol. The van der Waals surface area contributed by atoms with Crippen LogP contribution in [0.5, 0.6) is 0 Å². The van der Waals surface area contributed by atoms with Crippen molar-refractivity contribution in [3.05, 3.63) is 66.8 Å². The first kappa shape index (κ1) is 19.2. The van der Waals surface area contributed by atoms with Crippen molar-refractivity contribution in [2.24, 2.45) is 0 Å². The van der Waals surface area contributed by atoms with Gasteiger partial charge in [-0.25, -0.2) is 0 Å². The van der Waals surface area contributed by atoms with Crippen LogP contribution in [0.3, 0.4) is 0 Å². The molecule has 0 saturated carbocycles. The van der Waals surface area contributed by atoms with Gasteiger partial charge in [0.15, 0.2) is 0 Å². The third kappa shape index (κ3) is 2.77. The van der Waals surface area contributed by atoms with Crippen molar-refractivity contribution >= 4 is 11.4 Å². The minimum absolute atomic E-state index is 0.933. The quantitative estimate of drug-likeness (QED) is 0.611. The van der Waals surface area contributed by atoms with Crippen molar-refractivity contribution in [3.63, 3.8) is 0 Å². The molecule has 0 aromatic heterocycles. The Kier molecular flexibility index (Phi) is 5.11. The molecule has 0 aliphatic rings. The molecule has 0 bridgehead atoms. The molecule has 1 nitrogen and oxygen atoms in total. The van der Waals surface area contributed by atoms with Crippen LogP contribution in [0.2, 0.25) is 0 Å². The van der Waals surface area contributed by atoms with Crippen LogP contribution in [0.25, 0.3) is 5.57 Å². The van der Waals surface area contributed by atoms with Crippen molar-refractivity contribution in [1.29, 1.82) is 5.41 Å². The molecule has 1 N–H and O–H groups in total. The summed E-state index contributed by atoms with van der Waals surface area (Å²) >= 11 is 0. The van der Waals surface area contributed by atoms with E-state index >= 15 is 0 Å². The van der Waals surface area contributed by atoms with Gasteiger partial charge in [-0.1, -0.05) is 0 Å². The molecule has 0 aliphatic heterocycles. The maximum Gasteiger partial charge on any atom is 0.0509 e. The fourth-order valence-corrected chi connectivity index (χ4v) is 4.00. The van der Waals surface area contributed by atoms with Gasteiger partial charge in [0.25, 0.3) is 0 Å². The molecule has 25 heavy (non-hydrogen) atoms. The lowest BCUT2D eigenvalue weighted by Crippen LogP contribution is -2.08. The van der Waals surface area contributed by atoms with Gasteiger partial charge >= 0.3 is 0 Å². The minimum Gasteiger partial charge on any atom is -0.258 e. The Morgan fingerprint density at radius 2 is 0.640 bits per heavy atom. The first-order valence-corrected chi connectivity index (χ1v) is 9.00. The van der Waals surface area contributed by atoms with E-state index in [4.69, 9.17) is 5.41 Å². The summed E-state index contributed by atoms with van der Waals surface area (Å²) in [5.41, 5.74) is 16.4. The van der Waals surface area contributed by atoms with E-state index in [1.54, 1.807) is 0 Å². The zero-order valence-corrected chi connectivity index (χ0v) is 17.5. The van der Waals surface area contributed by atoms with Crippen molar-refractivity contribution < 1.29 is 0 Å². The van der Waals surface area contributed by atoms with E-state index in [2.05, 4.69) is 75.1 Å². The van der Waals surface area contributed by atoms with E-state index < -0.39 is 0 Å². The molecule has 2 aromatic rings. The summed E-state index contributed by atoms with van der Waals surface area (Å²) in [4.78, 5) is 0. The Hall–Kier alpha value is -2.11. The lowest BCUT2D eigenvalue weighted by Gasteiger charge is -2.24. The maximum absolute atomic E-state index is 8.12. The molecule has 0 aliphatic carbocycles. The lowest BCUT2D eigenvalue weighted by atomic mass is 9.80. The zero-order chi connectivity index (χ0) is 19.2. The van der Waals surface area contributed by atoms with Crippen molar-refractivity contribution in [1.82, 2.24) is 0 Å². The van der Waals surface area contributed by atoms with E-state index in [1.807, 2.05) is 0 Å². The van der Waals surface area contributed by atoms with Crippen LogP contribution >= 0.6 is 0 Å². The van der Waals surface area contributed by atoms with Crippen LogP contribution < -0.4 is 0 Å². The second kappa shape index (κ2) is 6.65. The van der Waals surface area contributed by atoms with E-state index in [-0.39, 0.29) is 0 Å². The van der Waals surface area contributed by atoms with Gasteiger partial charge in [-0.3, -0.25) is 5.41 Å². The topological polar surface area (TPSA) is 23.9 Å². The number of rotatable bonds is 2. The first-order chi connectivity index (χ1) is 11.6. The molecule has 1 heteroatoms. The summed E-state index contributed by atoms with van der Waals surface area (Å²) in [6.45, 7) is 21.9. The van der Waals surface area contributed by atoms with Gasteiger partial charge in [0.05, 0.1) is 5.57 Å². The van der Waals surface area contributed by atoms with E-state index in [1.165, 1.54) is 66.8 Å². The lowest BCUT2D eigenvalue weighted by molar-refractivity contribution is 1.14. The van der Waals surface area contributed by atoms with E-state index in [0.717, 1.165) is 5.57 Å². The van der Waals surface area contributed by atoms with Crippen LogP contribution in [0, 0.1) is 74.6 Å². The molecule has 2 aromatic carbocycles. The molecular weight excluding hydrogens is 302 g/mol. The minimum atomic E-state index is 0.933. The Bertz CT molecular complexity index is 806. The molecular formula is C24H31N. The summed E-state index contributed by atoms with van der Waals surface area (Å²) < 4.78 is 0. The molecule has 0 unspecified atom stereocenters. The number of hydrogen-bond donors (Lipinski definition) is 1. The Balaban J connectivity index is 2.98. The van der Waals surface area contributed by atoms with E-state index in [0.29, 0.717) is 0 Å². The van der Waals surface area contributed by atoms with Gasteiger partial charge in [-0.15, -0.1) is 0 Å². The molecule has 0 atom stereocenters. The van der Waals surface area contributed by atoms with Crippen LogP contribution in [-0.4, -0.2) is 5.87 Å². The summed E-state index contributed by atoms with van der Waals surface area (Å²) in [6.07, 6.45) is 0. The molecule has 0 spiro atoms. The highest BCUT2D eigenvalue weighted by molar-refractivity contribution is 6.02. The standard InChI is InChI=1S/C24H31N/c1-12-14(3)18(7)23(19(8)15(12)4)22(11-25)24-20(9)16(5)13(2)17(6)21(24)10/h25H,1-10H3. The summed E-state index contributed by atoms with van der Waals surface area (Å²) in [7, 11) is 0. The maximum atomic E-state index is 8.12. The molecule has 132 valence electrons. The fraction of sp³-hybridized carbons (Fsp3) is 0.417. The van der Waals surface area contributed by atoms with Gasteiger partial charge in [-0.2, -0.15) is 0 Å². The van der Waals surface area contributed by atoms with Crippen molar-refractivity contribution in [3.8, 4) is 0 Å². The van der Waals surface area contributed by atoms with Crippen molar-refractivity contribution in [2.45, 2.75) is 69.2 Å². The van der Waals surface area contributed by atoms with Crippen molar-refractivity contribution in [2.75, 3.05) is 0 Å². The highest BCUT2D eigenvalue weighted by Crippen LogP contribution is 2.38. The number of nitrogens with one attached hydrogen (secondary N) is 1. The van der Waals surface area contributed by atoms with Gasteiger partial charge in [0.2, 0.25) is 0 Å². The largest absolute Gasteiger partial charge is 0.258 e. The molecule has 0 radical (unpaired) electrons. The smallest absolute Gasteiger partial charge is 0.0509 e. The predicted molar refractivity (Wildman–Crippen MR) is 110 cm³/mol. The van der Waals surface area contributed by atoms with Gasteiger partial charge in [-0.05, 0) is 142 Å². The highest BCUT2D eigenvalue weighted by atomic mass is 14.3. The first-order valence-electron chi connectivity index (χ1n) is 9.00. The van der Waals surface area contributed by atoms with Crippen LogP contribution in [0.4, 0.5) is 0 Å². The average Bonchev–Trinajstić information content (AvgIpc) is 2.60. The SMILES string of the molecule is Cc1c(C)c(C)c(C(=C=N)c2c(C)c(C)c(C)c(C)c2C)c(C)c1C. The Labute approximate surface area is 153 Å². The van der Waals surface area contributed by atoms with Crippen LogP contribution in [0.15, 0.2) is 0 Å². The molecule has 0 heterocycles. The van der Waals surface area contributed by atoms with Gasteiger partial charge in [0.1, 0.15) is 0 Å². The normalized spacial score (nSPS) is 10.8. The average molecular weight is 334 g/mol. The van der Waals surface area contributed by atoms with Gasteiger partial charge < -0.3 is 0 Å². The summed E-state index contributed by atoms with van der Waals surface area (Å²) in [6, 6.07) is 0. The number of hydrogen-bond acceptors (Lipinski definition) is 1. The summed E-state index contributed by atoms with van der Waals surface area (Å²) in [5, 5.41) is 8.12. The van der Waals surface area contributed by atoms with Crippen LogP contribution in [-0.2, 0) is 0 Å². The third-order valence-electron chi connectivity index (χ3n) is 6.62. The molecule has 0 amide bonds. The second-order valence-corrected chi connectivity index (χ2v) is 7.50. The van der Waals surface area contributed by atoms with E-state index in [9.17, 15) is 0 Å². The Morgan fingerprint density at radius 1 is 0.440 bits per heavy atom. The van der Waals surface area contributed by atoms with Crippen LogP contribution in [0.1, 0.15) is 66.8 Å².